The summed E-state index contributed by atoms with van der Waals surface area (Å²) < 4.78 is 1.65. The molecule has 0 bridgehead atoms. The number of nitro groups is 1. The Labute approximate surface area is 172 Å². The molecule has 9 heteroatoms. The molecule has 1 heterocycles. The van der Waals surface area contributed by atoms with E-state index in [0.717, 1.165) is 11.4 Å². The van der Waals surface area contributed by atoms with Gasteiger partial charge in [0.05, 0.1) is 11.1 Å². The number of aryl methyl sites for hydroxylation is 1. The monoisotopic (exact) mass is 405 g/mol. The number of hydrogen-bond donors (Lipinski definition) is 2. The van der Waals surface area contributed by atoms with Gasteiger partial charge in [-0.25, -0.2) is 5.43 Å². The summed E-state index contributed by atoms with van der Waals surface area (Å²) >= 11 is 0. The minimum atomic E-state index is -0.536. The first kappa shape index (κ1) is 20.5. The summed E-state index contributed by atoms with van der Waals surface area (Å²) in [5, 5.41) is 14.6. The highest BCUT2D eigenvalue weighted by Gasteiger charge is 2.12. The van der Waals surface area contributed by atoms with E-state index in [4.69, 9.17) is 0 Å². The number of nitrogens with zero attached hydrogens (tertiary/aromatic N) is 3. The second-order valence-corrected chi connectivity index (χ2v) is 6.47. The van der Waals surface area contributed by atoms with Gasteiger partial charge >= 0.3 is 0 Å². The highest BCUT2D eigenvalue weighted by Crippen LogP contribution is 2.13. The van der Waals surface area contributed by atoms with Crippen LogP contribution < -0.4 is 10.9 Å². The molecule has 152 valence electrons. The van der Waals surface area contributed by atoms with Crippen molar-refractivity contribution in [2.24, 2.45) is 5.10 Å². The number of nitro benzene ring substituents is 1. The molecule has 3 rings (SSSR count). The Morgan fingerprint density at radius 3 is 2.27 bits per heavy atom. The van der Waals surface area contributed by atoms with E-state index in [0.29, 0.717) is 11.1 Å². The van der Waals surface area contributed by atoms with Crippen LogP contribution in [0.5, 0.6) is 0 Å². The van der Waals surface area contributed by atoms with Gasteiger partial charge in [0.2, 0.25) is 0 Å². The number of nitrogens with one attached hydrogen (secondary N) is 2. The maximum absolute atomic E-state index is 12.4. The van der Waals surface area contributed by atoms with Crippen molar-refractivity contribution in [1.29, 1.82) is 0 Å². The molecule has 0 radical (unpaired) electrons. The van der Waals surface area contributed by atoms with Gasteiger partial charge in [0.25, 0.3) is 17.5 Å². The maximum atomic E-state index is 12.4. The van der Waals surface area contributed by atoms with Crippen molar-refractivity contribution in [1.82, 2.24) is 10.1 Å². The minimum Gasteiger partial charge on any atom is -0.267 e. The molecular weight excluding hydrogens is 386 g/mol. The quantitative estimate of drug-likeness (QED) is 0.372. The lowest BCUT2D eigenvalue weighted by atomic mass is 10.2. The molecule has 9 nitrogen and oxygen atoms in total. The molecule has 0 saturated heterocycles. The Morgan fingerprint density at radius 2 is 1.63 bits per heavy atom. The fraction of sp³-hybridized carbons (Fsp3) is 0.0952. The van der Waals surface area contributed by atoms with Crippen LogP contribution in [0.15, 0.2) is 65.8 Å². The molecule has 30 heavy (non-hydrogen) atoms. The number of rotatable bonds is 6. The van der Waals surface area contributed by atoms with Crippen LogP contribution in [0.4, 0.5) is 5.69 Å². The van der Waals surface area contributed by atoms with Crippen molar-refractivity contribution in [3.05, 3.63) is 98.9 Å². The molecule has 0 aliphatic heterocycles. The predicted molar refractivity (Wildman–Crippen MR) is 112 cm³/mol. The first-order valence-electron chi connectivity index (χ1n) is 9.00. The molecule has 2 N–H and O–H groups in total. The summed E-state index contributed by atoms with van der Waals surface area (Å²) in [6, 6.07) is 15.9. The summed E-state index contributed by atoms with van der Waals surface area (Å²) in [5.74, 6) is -0.736. The lowest BCUT2D eigenvalue weighted by Crippen LogP contribution is -2.24. The molecule has 0 unspecified atom stereocenters. The number of aromatic nitrogens is 1. The lowest BCUT2D eigenvalue weighted by Gasteiger charge is -2.11. The molecule has 0 fully saturated rings. The number of non-ortho nitro benzene ring substituents is 1. The minimum absolute atomic E-state index is 0.0972. The van der Waals surface area contributed by atoms with Gasteiger partial charge in [0, 0.05) is 40.2 Å². The second kappa shape index (κ2) is 8.82. The Hall–Kier alpha value is -4.27. The smallest absolute Gasteiger partial charge is 0.267 e. The highest BCUT2D eigenvalue weighted by atomic mass is 16.6. The third-order valence-electron chi connectivity index (χ3n) is 4.43. The largest absolute Gasteiger partial charge is 0.271 e. The zero-order valence-corrected chi connectivity index (χ0v) is 16.3. The summed E-state index contributed by atoms with van der Waals surface area (Å²) in [7, 11) is 0. The first-order chi connectivity index (χ1) is 14.4. The van der Waals surface area contributed by atoms with Crippen molar-refractivity contribution >= 4 is 23.7 Å². The molecule has 0 aliphatic rings. The predicted octanol–water partition coefficient (Wildman–Crippen LogP) is 3.16. The van der Waals surface area contributed by atoms with Gasteiger partial charge in [-0.3, -0.25) is 29.8 Å². The van der Waals surface area contributed by atoms with Crippen molar-refractivity contribution < 1.29 is 14.5 Å². The molecular formula is C21H19N5O4. The van der Waals surface area contributed by atoms with Crippen molar-refractivity contribution in [2.75, 3.05) is 5.43 Å². The Kier molecular flexibility index (Phi) is 6.02. The SMILES string of the molecule is Cc1cc(/C=N\NC(=O)c2ccc([N+](=O)[O-])cc2)c(C)n1NC(=O)c1ccccc1. The van der Waals surface area contributed by atoms with Crippen LogP contribution in [-0.2, 0) is 0 Å². The van der Waals surface area contributed by atoms with Crippen LogP contribution in [0.3, 0.4) is 0 Å². The molecule has 2 amide bonds. The van der Waals surface area contributed by atoms with E-state index in [1.54, 1.807) is 28.9 Å². The molecule has 0 spiro atoms. The third-order valence-corrected chi connectivity index (χ3v) is 4.43. The molecule has 0 saturated carbocycles. The molecule has 2 aromatic carbocycles. The normalized spacial score (nSPS) is 10.7. The van der Waals surface area contributed by atoms with E-state index in [9.17, 15) is 19.7 Å². The summed E-state index contributed by atoms with van der Waals surface area (Å²) in [6.45, 7) is 3.66. The standard InChI is InChI=1S/C21H19N5O4/c1-14-12-18(15(2)25(14)24-21(28)16-6-4-3-5-7-16)13-22-23-20(27)17-8-10-19(11-9-17)26(29)30/h3-13H,1-2H3,(H,23,27)(H,24,28)/b22-13-. The van der Waals surface area contributed by atoms with Crippen LogP contribution >= 0.6 is 0 Å². The van der Waals surface area contributed by atoms with E-state index in [1.165, 1.54) is 30.5 Å². The van der Waals surface area contributed by atoms with E-state index in [-0.39, 0.29) is 17.2 Å². The molecule has 1 aromatic heterocycles. The topological polar surface area (TPSA) is 119 Å². The Balaban J connectivity index is 1.67. The van der Waals surface area contributed by atoms with Gasteiger partial charge in [-0.1, -0.05) is 18.2 Å². The highest BCUT2D eigenvalue weighted by molar-refractivity contribution is 6.00. The van der Waals surface area contributed by atoms with Crippen molar-refractivity contribution in [2.45, 2.75) is 13.8 Å². The number of carbonyl (C=O) groups excluding carboxylic acids is 2. The summed E-state index contributed by atoms with van der Waals surface area (Å²) in [5.41, 5.74) is 8.15. The fourth-order valence-corrected chi connectivity index (χ4v) is 2.81. The maximum Gasteiger partial charge on any atom is 0.271 e. The van der Waals surface area contributed by atoms with E-state index in [1.807, 2.05) is 26.0 Å². The number of carbonyl (C=O) groups is 2. The second-order valence-electron chi connectivity index (χ2n) is 6.47. The van der Waals surface area contributed by atoms with E-state index < -0.39 is 10.8 Å². The van der Waals surface area contributed by atoms with E-state index in [2.05, 4.69) is 16.0 Å². The van der Waals surface area contributed by atoms with Crippen LogP contribution in [0.2, 0.25) is 0 Å². The number of hydrazone groups is 1. The number of benzene rings is 2. The van der Waals surface area contributed by atoms with Gasteiger partial charge in [0.15, 0.2) is 0 Å². The number of hydrogen-bond acceptors (Lipinski definition) is 5. The van der Waals surface area contributed by atoms with Crippen LogP contribution in [0, 0.1) is 24.0 Å². The first-order valence-corrected chi connectivity index (χ1v) is 9.00. The summed E-state index contributed by atoms with van der Waals surface area (Å²) in [6.07, 6.45) is 1.47. The zero-order chi connectivity index (χ0) is 21.7. The van der Waals surface area contributed by atoms with E-state index >= 15 is 0 Å². The van der Waals surface area contributed by atoms with Crippen LogP contribution in [0.1, 0.15) is 37.7 Å². The average Bonchev–Trinajstić information content (AvgIpc) is 3.01. The van der Waals surface area contributed by atoms with Gasteiger partial charge < -0.3 is 0 Å². The van der Waals surface area contributed by atoms with Crippen molar-refractivity contribution in [3.8, 4) is 0 Å². The van der Waals surface area contributed by atoms with Crippen molar-refractivity contribution in [3.63, 3.8) is 0 Å². The fourth-order valence-electron chi connectivity index (χ4n) is 2.81. The van der Waals surface area contributed by atoms with Gasteiger partial charge in [-0.15, -0.1) is 0 Å². The van der Waals surface area contributed by atoms with Gasteiger partial charge in [-0.05, 0) is 44.2 Å². The Bertz CT molecular complexity index is 1120. The van der Waals surface area contributed by atoms with Crippen LogP contribution in [-0.4, -0.2) is 27.6 Å². The summed E-state index contributed by atoms with van der Waals surface area (Å²) in [4.78, 5) is 34.6. The molecule has 0 aliphatic carbocycles. The average molecular weight is 405 g/mol. The lowest BCUT2D eigenvalue weighted by molar-refractivity contribution is -0.384. The number of amides is 2. The molecule has 3 aromatic rings. The zero-order valence-electron chi connectivity index (χ0n) is 16.3. The third kappa shape index (κ3) is 4.58. The molecule has 0 atom stereocenters. The van der Waals surface area contributed by atoms with Gasteiger partial charge in [-0.2, -0.15) is 5.10 Å². The van der Waals surface area contributed by atoms with Gasteiger partial charge in [0.1, 0.15) is 0 Å². The Morgan fingerprint density at radius 1 is 1.00 bits per heavy atom. The van der Waals surface area contributed by atoms with Crippen LogP contribution in [0.25, 0.3) is 0 Å².